The smallest absolute Gasteiger partial charge is 0.214 e. The summed E-state index contributed by atoms with van der Waals surface area (Å²) in [6.45, 7) is 4.35. The maximum Gasteiger partial charge on any atom is 0.214 e. The molecule has 128 valence electrons. The third kappa shape index (κ3) is 4.80. The van der Waals surface area contributed by atoms with Crippen LogP contribution in [0.4, 0.5) is 0 Å². The molecule has 1 atom stereocenters. The molecule has 0 radical (unpaired) electrons. The van der Waals surface area contributed by atoms with Crippen LogP contribution in [-0.2, 0) is 10.0 Å². The van der Waals surface area contributed by atoms with Crippen molar-refractivity contribution < 1.29 is 13.2 Å². The van der Waals surface area contributed by atoms with Crippen molar-refractivity contribution in [1.82, 2.24) is 4.72 Å². The van der Waals surface area contributed by atoms with Crippen molar-refractivity contribution in [3.05, 3.63) is 35.9 Å². The Labute approximate surface area is 139 Å². The zero-order valence-corrected chi connectivity index (χ0v) is 14.6. The minimum atomic E-state index is -3.29. The average Bonchev–Trinajstić information content (AvgIpc) is 2.53. The molecule has 0 saturated carbocycles. The predicted molar refractivity (Wildman–Crippen MR) is 93.8 cm³/mol. The lowest BCUT2D eigenvalue weighted by atomic mass is 9.90. The van der Waals surface area contributed by atoms with Gasteiger partial charge in [0.2, 0.25) is 10.0 Å². The summed E-state index contributed by atoms with van der Waals surface area (Å²) in [7, 11) is -3.29. The van der Waals surface area contributed by atoms with Gasteiger partial charge in [-0.05, 0) is 56.4 Å². The Morgan fingerprint density at radius 1 is 1.30 bits per heavy atom. The molecule has 1 aromatic carbocycles. The van der Waals surface area contributed by atoms with Crippen LogP contribution in [0, 0.1) is 0 Å². The van der Waals surface area contributed by atoms with Gasteiger partial charge in [-0.25, -0.2) is 13.1 Å². The molecular weight excluding hydrogens is 312 g/mol. The molecule has 0 spiro atoms. The minimum absolute atomic E-state index is 0.160. The van der Waals surface area contributed by atoms with Gasteiger partial charge in [0.05, 0.1) is 5.25 Å². The first-order valence-electron chi connectivity index (χ1n) is 8.08. The van der Waals surface area contributed by atoms with E-state index in [2.05, 4.69) is 10.8 Å². The molecule has 5 nitrogen and oxygen atoms in total. The summed E-state index contributed by atoms with van der Waals surface area (Å²) in [6, 6.07) is 7.58. The summed E-state index contributed by atoms with van der Waals surface area (Å²) in [4.78, 5) is 0. The fourth-order valence-electron chi connectivity index (χ4n) is 2.57. The van der Waals surface area contributed by atoms with Crippen LogP contribution in [0.5, 0.6) is 5.75 Å². The van der Waals surface area contributed by atoms with E-state index in [-0.39, 0.29) is 6.04 Å². The molecule has 1 aromatic rings. The highest BCUT2D eigenvalue weighted by Crippen LogP contribution is 2.29. The molecule has 0 saturated heterocycles. The highest BCUT2D eigenvalue weighted by atomic mass is 32.2. The molecular formula is C17H26N2O3S. The quantitative estimate of drug-likeness (QED) is 0.799. The normalized spacial score (nSPS) is 18.8. The molecule has 1 unspecified atom stereocenters. The van der Waals surface area contributed by atoms with Crippen LogP contribution in [0.2, 0.25) is 0 Å². The second-order valence-corrected chi connectivity index (χ2v) is 8.28. The standard InChI is InChI=1S/C17H26N2O3S/c1-13(2)23(20,21)19-17-6-4-3-5-16(17)14-7-9-15(10-8-14)22-12-11-18/h5,7-10,13,17,19H,3-4,6,11-12,18H2,1-2H3. The monoisotopic (exact) mass is 338 g/mol. The summed E-state index contributed by atoms with van der Waals surface area (Å²) in [5.74, 6) is 0.773. The van der Waals surface area contributed by atoms with Crippen LogP contribution in [0.1, 0.15) is 38.7 Å². The SMILES string of the molecule is CC(C)S(=O)(=O)NC1CCCC=C1c1ccc(OCCN)cc1. The first kappa shape index (κ1) is 18.0. The van der Waals surface area contributed by atoms with Gasteiger partial charge in [-0.3, -0.25) is 0 Å². The minimum Gasteiger partial charge on any atom is -0.492 e. The van der Waals surface area contributed by atoms with E-state index in [0.29, 0.717) is 13.2 Å². The van der Waals surface area contributed by atoms with Crippen molar-refractivity contribution in [3.63, 3.8) is 0 Å². The van der Waals surface area contributed by atoms with Gasteiger partial charge in [0.1, 0.15) is 12.4 Å². The lowest BCUT2D eigenvalue weighted by Gasteiger charge is -2.26. The van der Waals surface area contributed by atoms with Gasteiger partial charge in [0, 0.05) is 12.6 Å². The van der Waals surface area contributed by atoms with Crippen molar-refractivity contribution in [1.29, 1.82) is 0 Å². The van der Waals surface area contributed by atoms with Crippen LogP contribution >= 0.6 is 0 Å². The third-order valence-electron chi connectivity index (χ3n) is 3.94. The van der Waals surface area contributed by atoms with Crippen LogP contribution < -0.4 is 15.2 Å². The lowest BCUT2D eigenvalue weighted by molar-refractivity contribution is 0.328. The van der Waals surface area contributed by atoms with Crippen LogP contribution in [0.3, 0.4) is 0 Å². The van der Waals surface area contributed by atoms with Crippen LogP contribution in [0.15, 0.2) is 30.3 Å². The summed E-state index contributed by atoms with van der Waals surface area (Å²) in [5.41, 5.74) is 7.50. The maximum absolute atomic E-state index is 12.2. The van der Waals surface area contributed by atoms with Gasteiger partial charge in [-0.1, -0.05) is 18.2 Å². The van der Waals surface area contributed by atoms with Crippen molar-refractivity contribution in [2.75, 3.05) is 13.2 Å². The molecule has 1 aliphatic rings. The van der Waals surface area contributed by atoms with Crippen LogP contribution in [-0.4, -0.2) is 32.9 Å². The Balaban J connectivity index is 2.17. The number of sulfonamides is 1. The highest BCUT2D eigenvalue weighted by Gasteiger charge is 2.26. The van der Waals surface area contributed by atoms with E-state index in [4.69, 9.17) is 10.5 Å². The fraction of sp³-hybridized carbons (Fsp3) is 0.529. The molecule has 0 aromatic heterocycles. The number of hydrogen-bond acceptors (Lipinski definition) is 4. The number of hydrogen-bond donors (Lipinski definition) is 2. The zero-order chi connectivity index (χ0) is 16.9. The summed E-state index contributed by atoms with van der Waals surface area (Å²) < 4.78 is 32.7. The fourth-order valence-corrected chi connectivity index (χ4v) is 3.49. The van der Waals surface area contributed by atoms with E-state index >= 15 is 0 Å². The van der Waals surface area contributed by atoms with Gasteiger partial charge in [-0.2, -0.15) is 0 Å². The van der Waals surface area contributed by atoms with Gasteiger partial charge in [-0.15, -0.1) is 0 Å². The van der Waals surface area contributed by atoms with E-state index in [1.54, 1.807) is 13.8 Å². The van der Waals surface area contributed by atoms with Gasteiger partial charge in [0.15, 0.2) is 0 Å². The largest absolute Gasteiger partial charge is 0.492 e. The first-order valence-corrected chi connectivity index (χ1v) is 9.63. The molecule has 0 heterocycles. The number of allylic oxidation sites excluding steroid dienone is 1. The Kier molecular flexibility index (Phi) is 6.21. The van der Waals surface area contributed by atoms with Crippen LogP contribution in [0.25, 0.3) is 5.57 Å². The Bertz CT molecular complexity index is 636. The highest BCUT2D eigenvalue weighted by molar-refractivity contribution is 7.90. The van der Waals surface area contributed by atoms with Crippen molar-refractivity contribution >= 4 is 15.6 Å². The molecule has 6 heteroatoms. The van der Waals surface area contributed by atoms with E-state index in [0.717, 1.165) is 36.1 Å². The van der Waals surface area contributed by atoms with Gasteiger partial charge < -0.3 is 10.5 Å². The van der Waals surface area contributed by atoms with Crippen molar-refractivity contribution in [2.45, 2.75) is 44.4 Å². The molecule has 0 bridgehead atoms. The Morgan fingerprint density at radius 3 is 2.61 bits per heavy atom. The van der Waals surface area contributed by atoms with E-state index in [1.807, 2.05) is 24.3 Å². The van der Waals surface area contributed by atoms with E-state index in [9.17, 15) is 8.42 Å². The average molecular weight is 338 g/mol. The lowest BCUT2D eigenvalue weighted by Crippen LogP contribution is -2.40. The number of rotatable bonds is 7. The predicted octanol–water partition coefficient (Wildman–Crippen LogP) is 2.29. The maximum atomic E-state index is 12.2. The zero-order valence-electron chi connectivity index (χ0n) is 13.8. The van der Waals surface area contributed by atoms with Crippen molar-refractivity contribution in [2.24, 2.45) is 5.73 Å². The number of benzene rings is 1. The van der Waals surface area contributed by atoms with E-state index in [1.165, 1.54) is 0 Å². The molecule has 0 fully saturated rings. The van der Waals surface area contributed by atoms with Gasteiger partial charge in [0.25, 0.3) is 0 Å². The summed E-state index contributed by atoms with van der Waals surface area (Å²) in [6.07, 6.45) is 4.92. The van der Waals surface area contributed by atoms with Gasteiger partial charge >= 0.3 is 0 Å². The summed E-state index contributed by atoms with van der Waals surface area (Å²) in [5, 5.41) is -0.433. The first-order chi connectivity index (χ1) is 10.9. The molecule has 23 heavy (non-hydrogen) atoms. The molecule has 1 aliphatic carbocycles. The Hall–Kier alpha value is -1.37. The molecule has 0 aliphatic heterocycles. The molecule has 3 N–H and O–H groups in total. The number of nitrogens with two attached hydrogens (primary N) is 1. The van der Waals surface area contributed by atoms with Crippen molar-refractivity contribution in [3.8, 4) is 5.75 Å². The van der Waals surface area contributed by atoms with E-state index < -0.39 is 15.3 Å². The number of ether oxygens (including phenoxy) is 1. The Morgan fingerprint density at radius 2 is 2.00 bits per heavy atom. The third-order valence-corrected chi connectivity index (χ3v) is 5.79. The second-order valence-electron chi connectivity index (χ2n) is 6.02. The second kappa shape index (κ2) is 7.95. The molecule has 0 amide bonds. The topological polar surface area (TPSA) is 81.4 Å². The summed E-state index contributed by atoms with van der Waals surface area (Å²) >= 11 is 0. The molecule has 2 rings (SSSR count). The number of nitrogens with one attached hydrogen (secondary N) is 1.